The second-order valence-electron chi connectivity index (χ2n) is 5.72. The molecule has 0 radical (unpaired) electrons. The van der Waals surface area contributed by atoms with Crippen molar-refractivity contribution in [1.29, 1.82) is 0 Å². The van der Waals surface area contributed by atoms with Crippen LogP contribution < -0.4 is 0 Å². The van der Waals surface area contributed by atoms with Gasteiger partial charge in [-0.3, -0.25) is 0 Å². The van der Waals surface area contributed by atoms with Crippen LogP contribution in [0.5, 0.6) is 0 Å². The van der Waals surface area contributed by atoms with Crippen molar-refractivity contribution in [2.75, 3.05) is 5.75 Å². The molecule has 0 aliphatic carbocycles. The van der Waals surface area contributed by atoms with Crippen LogP contribution in [-0.2, 0) is 6.42 Å². The first-order chi connectivity index (χ1) is 11.8. The largest absolute Gasteiger partial charge is 0.179 e. The minimum atomic E-state index is 1.02. The molecule has 0 aromatic carbocycles. The maximum absolute atomic E-state index is 4.27. The molecule has 0 aliphatic rings. The minimum Gasteiger partial charge on any atom is -0.179 e. The van der Waals surface area contributed by atoms with Gasteiger partial charge in [0.25, 0.3) is 0 Å². The van der Waals surface area contributed by atoms with Crippen molar-refractivity contribution < 1.29 is 0 Å². The van der Waals surface area contributed by atoms with Gasteiger partial charge >= 0.3 is 0 Å². The quantitative estimate of drug-likeness (QED) is 0.279. The molecule has 0 bridgehead atoms. The van der Waals surface area contributed by atoms with Gasteiger partial charge in [-0.2, -0.15) is 12.6 Å². The van der Waals surface area contributed by atoms with E-state index in [0.717, 1.165) is 5.75 Å². The Labute approximate surface area is 162 Å². The van der Waals surface area contributed by atoms with Crippen LogP contribution in [0.3, 0.4) is 0 Å². The highest BCUT2D eigenvalue weighted by molar-refractivity contribution is 7.80. The summed E-state index contributed by atoms with van der Waals surface area (Å²) in [7, 11) is 0. The van der Waals surface area contributed by atoms with Gasteiger partial charge in [0.15, 0.2) is 0 Å². The van der Waals surface area contributed by atoms with Gasteiger partial charge in [0, 0.05) is 29.3 Å². The molecule has 3 rings (SSSR count). The van der Waals surface area contributed by atoms with Gasteiger partial charge in [-0.25, -0.2) is 0 Å². The van der Waals surface area contributed by atoms with Crippen molar-refractivity contribution in [3.63, 3.8) is 0 Å². The molecule has 0 amide bonds. The van der Waals surface area contributed by atoms with Gasteiger partial charge in [-0.05, 0) is 61.4 Å². The van der Waals surface area contributed by atoms with Crippen LogP contribution in [0.25, 0.3) is 25.6 Å². The predicted molar refractivity (Wildman–Crippen MR) is 117 cm³/mol. The van der Waals surface area contributed by atoms with E-state index in [0.29, 0.717) is 0 Å². The Hall–Kier alpha value is -0.810. The molecule has 24 heavy (non-hydrogen) atoms. The van der Waals surface area contributed by atoms with E-state index in [9.17, 15) is 0 Å². The van der Waals surface area contributed by atoms with Crippen LogP contribution >= 0.6 is 46.6 Å². The zero-order valence-electron chi connectivity index (χ0n) is 13.7. The molecule has 0 fully saturated rings. The summed E-state index contributed by atoms with van der Waals surface area (Å²) in [6.07, 6.45) is 8.30. The monoisotopic (exact) mass is 390 g/mol. The number of rotatable bonds is 9. The van der Waals surface area contributed by atoms with Crippen LogP contribution in [0.15, 0.2) is 43.0 Å². The van der Waals surface area contributed by atoms with E-state index in [4.69, 9.17) is 0 Å². The third-order valence-corrected chi connectivity index (χ3v) is 7.93. The average molecular weight is 391 g/mol. The van der Waals surface area contributed by atoms with Crippen LogP contribution in [-0.4, -0.2) is 5.75 Å². The fourth-order valence-corrected chi connectivity index (χ4v) is 5.92. The molecule has 3 aromatic rings. The first-order valence-corrected chi connectivity index (χ1v) is 11.4. The average Bonchev–Trinajstić information content (AvgIpc) is 3.33. The van der Waals surface area contributed by atoms with Crippen molar-refractivity contribution in [2.45, 2.75) is 32.1 Å². The van der Waals surface area contributed by atoms with Crippen LogP contribution in [0, 0.1) is 0 Å². The number of unbranched alkanes of at least 4 members (excludes halogenated alkanes) is 3. The van der Waals surface area contributed by atoms with Gasteiger partial charge in [0.05, 0.1) is 0 Å². The van der Waals surface area contributed by atoms with Crippen LogP contribution in [0.2, 0.25) is 0 Å². The number of aryl methyl sites for hydroxylation is 1. The Balaban J connectivity index is 1.62. The first kappa shape index (κ1) is 18.0. The van der Waals surface area contributed by atoms with Crippen LogP contribution in [0.4, 0.5) is 0 Å². The Morgan fingerprint density at radius 1 is 0.750 bits per heavy atom. The molecule has 3 heterocycles. The standard InChI is InChI=1S/C20H22S4/c1-2-15-8-10-17(22-15)19-12-13-20(24-19)18-11-9-16(23-18)7-5-3-4-6-14-21/h2,8-13,21H,1,3-7,14H2. The third-order valence-electron chi connectivity index (χ3n) is 3.91. The fraction of sp³-hybridized carbons (Fsp3) is 0.300. The summed E-state index contributed by atoms with van der Waals surface area (Å²) in [4.78, 5) is 8.21. The summed E-state index contributed by atoms with van der Waals surface area (Å²) in [5.41, 5.74) is 0. The predicted octanol–water partition coefficient (Wildman–Crippen LogP) is 7.88. The lowest BCUT2D eigenvalue weighted by molar-refractivity contribution is 0.674. The fourth-order valence-electron chi connectivity index (χ4n) is 2.61. The lowest BCUT2D eigenvalue weighted by Crippen LogP contribution is -1.82. The molecule has 3 aromatic heterocycles. The number of hydrogen-bond acceptors (Lipinski definition) is 4. The molecule has 0 atom stereocenters. The lowest BCUT2D eigenvalue weighted by atomic mass is 10.1. The minimum absolute atomic E-state index is 1.02. The van der Waals surface area contributed by atoms with E-state index in [1.807, 2.05) is 40.1 Å². The molecule has 0 saturated heterocycles. The van der Waals surface area contributed by atoms with E-state index < -0.39 is 0 Å². The van der Waals surface area contributed by atoms with Gasteiger partial charge in [0.2, 0.25) is 0 Å². The van der Waals surface area contributed by atoms with Gasteiger partial charge in [-0.15, -0.1) is 34.0 Å². The molecule has 0 N–H and O–H groups in total. The van der Waals surface area contributed by atoms with E-state index in [2.05, 4.69) is 55.6 Å². The number of hydrogen-bond donors (Lipinski definition) is 1. The second kappa shape index (κ2) is 9.04. The van der Waals surface area contributed by atoms with E-state index in [1.165, 1.54) is 61.4 Å². The highest BCUT2D eigenvalue weighted by Gasteiger charge is 2.09. The SMILES string of the molecule is C=Cc1ccc(-c2ccc(-c3ccc(CCCCCCS)s3)s2)s1. The summed E-state index contributed by atoms with van der Waals surface area (Å²) in [5, 5.41) is 0. The molecule has 0 saturated carbocycles. The van der Waals surface area contributed by atoms with Crippen molar-refractivity contribution in [3.05, 3.63) is 52.7 Å². The third kappa shape index (κ3) is 4.63. The Morgan fingerprint density at radius 3 is 2.08 bits per heavy atom. The summed E-state index contributed by atoms with van der Waals surface area (Å²) >= 11 is 9.92. The zero-order chi connectivity index (χ0) is 16.8. The molecule has 0 spiro atoms. The second-order valence-corrected chi connectivity index (χ2v) is 9.54. The Bertz CT molecular complexity index is 775. The maximum Gasteiger partial charge on any atom is 0.0449 e. The molecule has 126 valence electrons. The van der Waals surface area contributed by atoms with Crippen LogP contribution in [0.1, 0.15) is 35.4 Å². The van der Waals surface area contributed by atoms with E-state index >= 15 is 0 Å². The highest BCUT2D eigenvalue weighted by atomic mass is 32.1. The molecule has 0 nitrogen and oxygen atoms in total. The lowest BCUT2D eigenvalue weighted by Gasteiger charge is -1.98. The Morgan fingerprint density at radius 2 is 1.38 bits per heavy atom. The van der Waals surface area contributed by atoms with Crippen molar-refractivity contribution in [2.24, 2.45) is 0 Å². The summed E-state index contributed by atoms with van der Waals surface area (Å²) in [5.74, 6) is 1.02. The summed E-state index contributed by atoms with van der Waals surface area (Å²) in [6, 6.07) is 13.4. The summed E-state index contributed by atoms with van der Waals surface area (Å²) < 4.78 is 0. The topological polar surface area (TPSA) is 0 Å². The van der Waals surface area contributed by atoms with Crippen molar-refractivity contribution in [3.8, 4) is 19.5 Å². The summed E-state index contributed by atoms with van der Waals surface area (Å²) in [6.45, 7) is 3.85. The van der Waals surface area contributed by atoms with Gasteiger partial charge in [0.1, 0.15) is 0 Å². The molecular weight excluding hydrogens is 368 g/mol. The van der Waals surface area contributed by atoms with Gasteiger partial charge in [-0.1, -0.05) is 25.5 Å². The maximum atomic E-state index is 4.27. The first-order valence-electron chi connectivity index (χ1n) is 8.32. The number of thiol groups is 1. The smallest absolute Gasteiger partial charge is 0.0449 e. The molecular formula is C20H22S4. The van der Waals surface area contributed by atoms with Crippen molar-refractivity contribution in [1.82, 2.24) is 0 Å². The molecule has 0 aliphatic heterocycles. The normalized spacial score (nSPS) is 11.0. The highest BCUT2D eigenvalue weighted by Crippen LogP contribution is 2.40. The van der Waals surface area contributed by atoms with Gasteiger partial charge < -0.3 is 0 Å². The molecule has 0 unspecified atom stereocenters. The molecule has 4 heteroatoms. The van der Waals surface area contributed by atoms with Crippen molar-refractivity contribution >= 4 is 52.7 Å². The number of thiophene rings is 3. The van der Waals surface area contributed by atoms with E-state index in [-0.39, 0.29) is 0 Å². The zero-order valence-corrected chi connectivity index (χ0v) is 17.0. The van der Waals surface area contributed by atoms with E-state index in [1.54, 1.807) is 0 Å². The Kier molecular flexibility index (Phi) is 6.78.